The third-order valence-electron chi connectivity index (χ3n) is 1.94. The summed E-state index contributed by atoms with van der Waals surface area (Å²) in [6.45, 7) is 0. The molecule has 78 valence electrons. The number of aromatic carboxylic acids is 1. The van der Waals surface area contributed by atoms with Crippen molar-refractivity contribution in [2.45, 2.75) is 0 Å². The van der Waals surface area contributed by atoms with Crippen LogP contribution in [0, 0.1) is 0 Å². The van der Waals surface area contributed by atoms with Crippen LogP contribution in [0.4, 0.5) is 5.69 Å². The predicted molar refractivity (Wildman–Crippen MR) is 58.7 cm³/mol. The van der Waals surface area contributed by atoms with Crippen molar-refractivity contribution in [3.63, 3.8) is 0 Å². The van der Waals surface area contributed by atoms with E-state index in [9.17, 15) is 4.79 Å². The summed E-state index contributed by atoms with van der Waals surface area (Å²) < 4.78 is 0. The van der Waals surface area contributed by atoms with E-state index < -0.39 is 5.97 Å². The molecule has 2 aromatic heterocycles. The fourth-order valence-corrected chi connectivity index (χ4v) is 2.39. The van der Waals surface area contributed by atoms with Gasteiger partial charge in [0.25, 0.3) is 0 Å². The lowest BCUT2D eigenvalue weighted by Crippen LogP contribution is -2.12. The zero-order chi connectivity index (χ0) is 11.0. The maximum atomic E-state index is 11.0. The summed E-state index contributed by atoms with van der Waals surface area (Å²) in [5.74, 6) is -0.941. The maximum absolute atomic E-state index is 11.0. The molecular weight excluding hydrogens is 214 g/mol. The van der Waals surface area contributed by atoms with Crippen LogP contribution >= 0.6 is 11.3 Å². The smallest absolute Gasteiger partial charge is 0.348 e. The van der Waals surface area contributed by atoms with Crippen molar-refractivity contribution >= 4 is 33.3 Å². The first-order valence-electron chi connectivity index (χ1n) is 4.25. The van der Waals surface area contributed by atoms with Gasteiger partial charge in [-0.1, -0.05) is 0 Å². The van der Waals surface area contributed by atoms with Gasteiger partial charge < -0.3 is 10.0 Å². The number of hydrogen-bond acceptors (Lipinski definition) is 5. The molecule has 6 heteroatoms. The van der Waals surface area contributed by atoms with Gasteiger partial charge in [0.2, 0.25) is 0 Å². The molecule has 0 saturated carbocycles. The molecule has 2 rings (SSSR count). The highest BCUT2D eigenvalue weighted by Crippen LogP contribution is 2.34. The van der Waals surface area contributed by atoms with Crippen molar-refractivity contribution < 1.29 is 9.90 Å². The van der Waals surface area contributed by atoms with Gasteiger partial charge in [-0.3, -0.25) is 0 Å². The van der Waals surface area contributed by atoms with Crippen molar-refractivity contribution in [1.29, 1.82) is 0 Å². The second-order valence-corrected chi connectivity index (χ2v) is 4.19. The van der Waals surface area contributed by atoms with Gasteiger partial charge in [-0.05, 0) is 0 Å². The van der Waals surface area contributed by atoms with E-state index in [-0.39, 0.29) is 4.88 Å². The molecule has 0 bridgehead atoms. The number of carboxylic acid groups (broad SMARTS) is 1. The van der Waals surface area contributed by atoms with Crippen LogP contribution in [0.1, 0.15) is 9.67 Å². The Kier molecular flexibility index (Phi) is 2.28. The predicted octanol–water partition coefficient (Wildman–Crippen LogP) is 1.46. The van der Waals surface area contributed by atoms with Crippen LogP contribution in [0.15, 0.2) is 12.4 Å². The number of hydrogen-bond donors (Lipinski definition) is 1. The van der Waals surface area contributed by atoms with E-state index in [0.717, 1.165) is 11.3 Å². The molecule has 0 radical (unpaired) electrons. The minimum atomic E-state index is -0.941. The lowest BCUT2D eigenvalue weighted by Gasteiger charge is -2.11. The van der Waals surface area contributed by atoms with E-state index in [1.54, 1.807) is 31.4 Å². The van der Waals surface area contributed by atoms with Crippen LogP contribution in [0.2, 0.25) is 0 Å². The topological polar surface area (TPSA) is 66.3 Å². The first-order valence-corrected chi connectivity index (χ1v) is 5.07. The van der Waals surface area contributed by atoms with Crippen molar-refractivity contribution in [2.75, 3.05) is 19.0 Å². The molecule has 0 spiro atoms. The number of nitrogens with zero attached hydrogens (tertiary/aromatic N) is 3. The Hall–Kier alpha value is -1.69. The number of carboxylic acids is 1. The summed E-state index contributed by atoms with van der Waals surface area (Å²) in [6, 6.07) is 0. The lowest BCUT2D eigenvalue weighted by atomic mass is 10.3. The molecule has 0 saturated heterocycles. The molecule has 0 aliphatic rings. The van der Waals surface area contributed by atoms with Crippen molar-refractivity contribution in [3.8, 4) is 0 Å². The van der Waals surface area contributed by atoms with E-state index in [2.05, 4.69) is 9.97 Å². The van der Waals surface area contributed by atoms with E-state index in [4.69, 9.17) is 5.11 Å². The molecule has 0 atom stereocenters. The number of aromatic nitrogens is 2. The highest BCUT2D eigenvalue weighted by molar-refractivity contribution is 7.21. The summed E-state index contributed by atoms with van der Waals surface area (Å²) in [6.07, 6.45) is 3.12. The van der Waals surface area contributed by atoms with E-state index in [0.29, 0.717) is 16.0 Å². The normalized spacial score (nSPS) is 10.5. The molecule has 1 N–H and O–H groups in total. The highest BCUT2D eigenvalue weighted by atomic mass is 32.1. The van der Waals surface area contributed by atoms with E-state index in [1.165, 1.54) is 0 Å². The van der Waals surface area contributed by atoms with Crippen LogP contribution in [0.3, 0.4) is 0 Å². The molecule has 0 aliphatic carbocycles. The molecule has 2 aromatic rings. The average Bonchev–Trinajstić information content (AvgIpc) is 2.56. The molecule has 0 aliphatic heterocycles. The monoisotopic (exact) mass is 223 g/mol. The molecule has 0 amide bonds. The third-order valence-corrected chi connectivity index (χ3v) is 3.01. The number of fused-ring (bicyclic) bond motifs is 1. The zero-order valence-corrected chi connectivity index (χ0v) is 9.08. The molecular formula is C9H9N3O2S. The first kappa shape index (κ1) is 9.85. The minimum absolute atomic E-state index is 0.279. The summed E-state index contributed by atoms with van der Waals surface area (Å²) in [4.78, 5) is 21.9. The Morgan fingerprint density at radius 2 is 2.07 bits per heavy atom. The van der Waals surface area contributed by atoms with Crippen LogP contribution in [0.25, 0.3) is 10.3 Å². The second-order valence-electron chi connectivity index (χ2n) is 3.19. The van der Waals surface area contributed by atoms with Gasteiger partial charge in [0, 0.05) is 26.5 Å². The fourth-order valence-electron chi connectivity index (χ4n) is 1.37. The number of rotatable bonds is 2. The number of carbonyl (C=O) groups is 1. The van der Waals surface area contributed by atoms with Gasteiger partial charge in [0.05, 0.1) is 5.69 Å². The Morgan fingerprint density at radius 3 is 2.67 bits per heavy atom. The Morgan fingerprint density at radius 1 is 1.40 bits per heavy atom. The van der Waals surface area contributed by atoms with Crippen LogP contribution in [-0.2, 0) is 0 Å². The van der Waals surface area contributed by atoms with Crippen LogP contribution < -0.4 is 4.90 Å². The van der Waals surface area contributed by atoms with Gasteiger partial charge in [-0.25, -0.2) is 14.8 Å². The van der Waals surface area contributed by atoms with Gasteiger partial charge >= 0.3 is 5.97 Å². The molecule has 0 unspecified atom stereocenters. The number of anilines is 1. The summed E-state index contributed by atoms with van der Waals surface area (Å²) in [5.41, 5.74) is 1.26. The molecule has 0 aromatic carbocycles. The zero-order valence-electron chi connectivity index (χ0n) is 8.26. The molecule has 0 fully saturated rings. The van der Waals surface area contributed by atoms with Crippen molar-refractivity contribution in [2.24, 2.45) is 0 Å². The summed E-state index contributed by atoms with van der Waals surface area (Å²) in [7, 11) is 3.59. The first-order chi connectivity index (χ1) is 7.11. The van der Waals surface area contributed by atoms with Gasteiger partial charge in [-0.15, -0.1) is 11.3 Å². The van der Waals surface area contributed by atoms with Gasteiger partial charge in [-0.2, -0.15) is 0 Å². The second kappa shape index (κ2) is 3.47. The largest absolute Gasteiger partial charge is 0.477 e. The summed E-state index contributed by atoms with van der Waals surface area (Å²) >= 11 is 1.15. The Labute approximate surface area is 90.0 Å². The summed E-state index contributed by atoms with van der Waals surface area (Å²) in [5, 5.41) is 9.04. The third kappa shape index (κ3) is 1.52. The molecule has 15 heavy (non-hydrogen) atoms. The average molecular weight is 223 g/mol. The Bertz CT molecular complexity index is 521. The van der Waals surface area contributed by atoms with Crippen molar-refractivity contribution in [1.82, 2.24) is 9.97 Å². The lowest BCUT2D eigenvalue weighted by molar-refractivity contribution is 0.0703. The number of thiophene rings is 1. The standard InChI is InChI=1S/C9H9N3O2S/c1-12(2)6-5-8(11-4-3-10-5)15-7(6)9(13)14/h3-4H,1-2H3,(H,13,14). The van der Waals surface area contributed by atoms with Crippen LogP contribution in [0.5, 0.6) is 0 Å². The fraction of sp³-hybridized carbons (Fsp3) is 0.222. The minimum Gasteiger partial charge on any atom is -0.477 e. The van der Waals surface area contributed by atoms with Gasteiger partial charge in [0.15, 0.2) is 0 Å². The maximum Gasteiger partial charge on any atom is 0.348 e. The Balaban J connectivity index is 2.80. The van der Waals surface area contributed by atoms with E-state index >= 15 is 0 Å². The molecule has 5 nitrogen and oxygen atoms in total. The van der Waals surface area contributed by atoms with E-state index in [1.807, 2.05) is 0 Å². The molecule has 2 heterocycles. The van der Waals surface area contributed by atoms with Crippen LogP contribution in [-0.4, -0.2) is 35.1 Å². The van der Waals surface area contributed by atoms with Crippen molar-refractivity contribution in [3.05, 3.63) is 17.3 Å². The highest BCUT2D eigenvalue weighted by Gasteiger charge is 2.20. The SMILES string of the molecule is CN(C)c1c(C(=O)O)sc2nccnc12. The quantitative estimate of drug-likeness (QED) is 0.834. The van der Waals surface area contributed by atoms with Gasteiger partial charge in [0.1, 0.15) is 15.2 Å².